The SMILES string of the molecule is Nc1cc(N)nc(Nc2nc3nc(-c4ccccc4)cc(=O)n3[nH]2)n1. The van der Waals surface area contributed by atoms with Gasteiger partial charge in [-0.2, -0.15) is 19.5 Å². The molecule has 0 unspecified atom stereocenters. The van der Waals surface area contributed by atoms with Crippen LogP contribution in [0.1, 0.15) is 0 Å². The van der Waals surface area contributed by atoms with Gasteiger partial charge < -0.3 is 11.5 Å². The Hall–Kier alpha value is -3.95. The van der Waals surface area contributed by atoms with Crippen molar-refractivity contribution in [3.8, 4) is 11.3 Å². The van der Waals surface area contributed by atoms with Crippen LogP contribution in [-0.4, -0.2) is 29.5 Å². The van der Waals surface area contributed by atoms with Crippen LogP contribution in [0.3, 0.4) is 0 Å². The van der Waals surface area contributed by atoms with Gasteiger partial charge in [-0.15, -0.1) is 0 Å². The number of benzene rings is 1. The number of anilines is 4. The highest BCUT2D eigenvalue weighted by Crippen LogP contribution is 2.16. The van der Waals surface area contributed by atoms with Gasteiger partial charge in [0.25, 0.3) is 11.3 Å². The van der Waals surface area contributed by atoms with Crippen molar-refractivity contribution in [2.75, 3.05) is 16.8 Å². The number of hydrogen-bond donors (Lipinski definition) is 4. The van der Waals surface area contributed by atoms with Crippen LogP contribution in [0.25, 0.3) is 17.0 Å². The highest BCUT2D eigenvalue weighted by molar-refractivity contribution is 5.61. The Balaban J connectivity index is 1.75. The molecule has 10 nitrogen and oxygen atoms in total. The fourth-order valence-corrected chi connectivity index (χ4v) is 2.34. The Morgan fingerprint density at radius 3 is 2.40 bits per heavy atom. The highest BCUT2D eigenvalue weighted by atomic mass is 16.1. The van der Waals surface area contributed by atoms with Crippen LogP contribution >= 0.6 is 0 Å². The summed E-state index contributed by atoms with van der Waals surface area (Å²) in [5.74, 6) is 1.04. The fraction of sp³-hybridized carbons (Fsp3) is 0. The monoisotopic (exact) mass is 335 g/mol. The second kappa shape index (κ2) is 5.60. The minimum Gasteiger partial charge on any atom is -0.383 e. The molecule has 0 amide bonds. The summed E-state index contributed by atoms with van der Waals surface area (Å²) in [6, 6.07) is 12.2. The number of nitrogens with one attached hydrogen (secondary N) is 2. The van der Waals surface area contributed by atoms with E-state index in [1.165, 1.54) is 16.6 Å². The van der Waals surface area contributed by atoms with Crippen molar-refractivity contribution in [3.63, 3.8) is 0 Å². The zero-order chi connectivity index (χ0) is 17.4. The number of hydrogen-bond acceptors (Lipinski definition) is 8. The molecule has 0 aliphatic carbocycles. The molecule has 10 heteroatoms. The summed E-state index contributed by atoms with van der Waals surface area (Å²) in [6.45, 7) is 0. The molecule has 4 rings (SSSR count). The molecule has 0 aliphatic rings. The lowest BCUT2D eigenvalue weighted by molar-refractivity contribution is 0.902. The van der Waals surface area contributed by atoms with E-state index in [1.807, 2.05) is 30.3 Å². The number of fused-ring (bicyclic) bond motifs is 1. The number of nitrogen functional groups attached to an aromatic ring is 2. The molecule has 0 radical (unpaired) electrons. The van der Waals surface area contributed by atoms with Crippen molar-refractivity contribution in [2.24, 2.45) is 0 Å². The lowest BCUT2D eigenvalue weighted by Gasteiger charge is -2.02. The molecule has 0 atom stereocenters. The maximum absolute atomic E-state index is 12.3. The van der Waals surface area contributed by atoms with Crippen LogP contribution < -0.4 is 22.3 Å². The van der Waals surface area contributed by atoms with E-state index in [-0.39, 0.29) is 34.9 Å². The zero-order valence-corrected chi connectivity index (χ0v) is 12.8. The standard InChI is InChI=1S/C15H13N9O/c16-10-7-11(17)20-13(19-10)21-14-22-15-18-9(6-12(25)24(15)23-14)8-4-2-1-3-5-8/h1-7H,(H6,16,17,18,19,20,21,22,23). The maximum Gasteiger partial charge on any atom is 0.274 e. The summed E-state index contributed by atoms with van der Waals surface area (Å²) in [7, 11) is 0. The zero-order valence-electron chi connectivity index (χ0n) is 12.8. The predicted octanol–water partition coefficient (Wildman–Crippen LogP) is 0.783. The second-order valence-corrected chi connectivity index (χ2v) is 5.22. The van der Waals surface area contributed by atoms with Crippen molar-refractivity contribution in [3.05, 3.63) is 52.8 Å². The molecule has 6 N–H and O–H groups in total. The van der Waals surface area contributed by atoms with E-state index in [9.17, 15) is 4.79 Å². The lowest BCUT2D eigenvalue weighted by atomic mass is 10.1. The molecule has 0 bridgehead atoms. The van der Waals surface area contributed by atoms with Crippen LogP contribution in [0.4, 0.5) is 23.5 Å². The molecule has 1 aromatic carbocycles. The molecule has 0 aliphatic heterocycles. The van der Waals surface area contributed by atoms with Gasteiger partial charge in [-0.25, -0.2) is 4.98 Å². The summed E-state index contributed by atoms with van der Waals surface area (Å²) >= 11 is 0. The number of rotatable bonds is 3. The van der Waals surface area contributed by atoms with Crippen molar-refractivity contribution in [1.29, 1.82) is 0 Å². The number of nitrogens with zero attached hydrogens (tertiary/aromatic N) is 5. The largest absolute Gasteiger partial charge is 0.383 e. The average Bonchev–Trinajstić information content (AvgIpc) is 2.97. The first kappa shape index (κ1) is 14.6. The summed E-state index contributed by atoms with van der Waals surface area (Å²) in [5, 5.41) is 5.60. The summed E-state index contributed by atoms with van der Waals surface area (Å²) < 4.78 is 1.21. The van der Waals surface area contributed by atoms with E-state index >= 15 is 0 Å². The fourth-order valence-electron chi connectivity index (χ4n) is 2.34. The molecule has 0 spiro atoms. The maximum atomic E-state index is 12.3. The summed E-state index contributed by atoms with van der Waals surface area (Å²) in [5.41, 5.74) is 12.3. The van der Waals surface area contributed by atoms with Gasteiger partial charge in [0.2, 0.25) is 11.9 Å². The number of nitrogens with two attached hydrogens (primary N) is 2. The number of H-pyrrole nitrogens is 1. The molecule has 4 aromatic rings. The highest BCUT2D eigenvalue weighted by Gasteiger charge is 2.10. The normalized spacial score (nSPS) is 10.9. The van der Waals surface area contributed by atoms with E-state index in [0.717, 1.165) is 5.56 Å². The Morgan fingerprint density at radius 1 is 0.960 bits per heavy atom. The van der Waals surface area contributed by atoms with E-state index in [0.29, 0.717) is 5.69 Å². The molecule has 124 valence electrons. The predicted molar refractivity (Wildman–Crippen MR) is 93.2 cm³/mol. The minimum absolute atomic E-state index is 0.160. The van der Waals surface area contributed by atoms with Gasteiger partial charge in [-0.1, -0.05) is 30.3 Å². The van der Waals surface area contributed by atoms with E-state index < -0.39 is 0 Å². The summed E-state index contributed by atoms with van der Waals surface area (Å²) in [4.78, 5) is 28.9. The quantitative estimate of drug-likeness (QED) is 0.428. The van der Waals surface area contributed by atoms with Gasteiger partial charge in [0.1, 0.15) is 11.6 Å². The first-order chi connectivity index (χ1) is 12.1. The third-order valence-corrected chi connectivity index (χ3v) is 3.40. The Bertz CT molecular complexity index is 1100. The van der Waals surface area contributed by atoms with Crippen molar-refractivity contribution < 1.29 is 0 Å². The smallest absolute Gasteiger partial charge is 0.274 e. The lowest BCUT2D eigenvalue weighted by Crippen LogP contribution is -2.14. The number of aromatic amines is 1. The Labute approximate surface area is 140 Å². The average molecular weight is 335 g/mol. The van der Waals surface area contributed by atoms with Gasteiger partial charge in [-0.3, -0.25) is 15.2 Å². The Morgan fingerprint density at radius 2 is 1.68 bits per heavy atom. The van der Waals surface area contributed by atoms with E-state index in [2.05, 4.69) is 30.4 Å². The molecule has 0 saturated carbocycles. The minimum atomic E-state index is -0.294. The first-order valence-corrected chi connectivity index (χ1v) is 7.31. The molecule has 25 heavy (non-hydrogen) atoms. The number of aromatic nitrogens is 6. The van der Waals surface area contributed by atoms with Gasteiger partial charge in [-0.05, 0) is 0 Å². The van der Waals surface area contributed by atoms with Gasteiger partial charge in [0.05, 0.1) is 5.69 Å². The first-order valence-electron chi connectivity index (χ1n) is 7.31. The van der Waals surface area contributed by atoms with Crippen LogP contribution in [0.2, 0.25) is 0 Å². The Kier molecular flexibility index (Phi) is 3.28. The third-order valence-electron chi connectivity index (χ3n) is 3.40. The topological polar surface area (TPSA) is 153 Å². The van der Waals surface area contributed by atoms with Crippen molar-refractivity contribution >= 4 is 29.3 Å². The van der Waals surface area contributed by atoms with Gasteiger partial charge in [0, 0.05) is 17.7 Å². The summed E-state index contributed by atoms with van der Waals surface area (Å²) in [6.07, 6.45) is 0. The van der Waals surface area contributed by atoms with Gasteiger partial charge in [0.15, 0.2) is 0 Å². The molecule has 0 saturated heterocycles. The second-order valence-electron chi connectivity index (χ2n) is 5.22. The van der Waals surface area contributed by atoms with Crippen LogP contribution in [0.15, 0.2) is 47.3 Å². The third kappa shape index (κ3) is 2.83. The van der Waals surface area contributed by atoms with Crippen molar-refractivity contribution in [2.45, 2.75) is 0 Å². The molecular weight excluding hydrogens is 322 g/mol. The molecule has 3 heterocycles. The van der Waals surface area contributed by atoms with Crippen LogP contribution in [0, 0.1) is 0 Å². The molecular formula is C15H13N9O. The van der Waals surface area contributed by atoms with Crippen molar-refractivity contribution in [1.82, 2.24) is 29.5 Å². The van der Waals surface area contributed by atoms with Gasteiger partial charge >= 0.3 is 0 Å². The van der Waals surface area contributed by atoms with E-state index in [4.69, 9.17) is 11.5 Å². The molecule has 3 aromatic heterocycles. The van der Waals surface area contributed by atoms with Crippen LogP contribution in [-0.2, 0) is 0 Å². The molecule has 0 fully saturated rings. The van der Waals surface area contributed by atoms with E-state index in [1.54, 1.807) is 0 Å². The van der Waals surface area contributed by atoms with Crippen LogP contribution in [0.5, 0.6) is 0 Å².